The molecule has 98 valence electrons. The Morgan fingerprint density at radius 3 is 2.76 bits per heavy atom. The van der Waals surface area contributed by atoms with E-state index >= 15 is 0 Å². The van der Waals surface area contributed by atoms with Crippen molar-refractivity contribution >= 4 is 0 Å². The van der Waals surface area contributed by atoms with Gasteiger partial charge in [-0.2, -0.15) is 4.98 Å². The second kappa shape index (κ2) is 8.16. The minimum Gasteiger partial charge on any atom is -0.382 e. The first kappa shape index (κ1) is 14.1. The second-order valence-electron chi connectivity index (χ2n) is 3.61. The van der Waals surface area contributed by atoms with Crippen molar-refractivity contribution in [1.82, 2.24) is 10.1 Å². The first-order chi connectivity index (χ1) is 8.27. The number of ether oxygens (including phenoxy) is 2. The molecule has 1 rings (SSSR count). The highest BCUT2D eigenvalue weighted by molar-refractivity contribution is 4.93. The van der Waals surface area contributed by atoms with Crippen LogP contribution in [0.3, 0.4) is 0 Å². The van der Waals surface area contributed by atoms with E-state index in [4.69, 9.17) is 19.7 Å². The molecule has 0 aromatic carbocycles. The molecule has 0 fully saturated rings. The Bertz CT molecular complexity index is 304. The zero-order chi connectivity index (χ0) is 12.5. The van der Waals surface area contributed by atoms with Gasteiger partial charge in [0.1, 0.15) is 0 Å². The fourth-order valence-corrected chi connectivity index (χ4v) is 1.31. The highest BCUT2D eigenvalue weighted by atomic mass is 16.5. The summed E-state index contributed by atoms with van der Waals surface area (Å²) in [6.45, 7) is 6.37. The van der Waals surface area contributed by atoms with Crippen LogP contribution in [0.2, 0.25) is 0 Å². The van der Waals surface area contributed by atoms with Crippen molar-refractivity contribution in [2.45, 2.75) is 32.7 Å². The van der Waals surface area contributed by atoms with E-state index in [1.807, 2.05) is 13.8 Å². The Hall–Kier alpha value is -0.980. The molecule has 0 aliphatic heterocycles. The maximum absolute atomic E-state index is 5.84. The van der Waals surface area contributed by atoms with E-state index in [0.717, 1.165) is 13.0 Å². The summed E-state index contributed by atoms with van der Waals surface area (Å²) in [5, 5.41) is 3.84. The topological polar surface area (TPSA) is 83.4 Å². The molecule has 1 unspecified atom stereocenters. The second-order valence-corrected chi connectivity index (χ2v) is 3.61. The van der Waals surface area contributed by atoms with Crippen LogP contribution in [0, 0.1) is 0 Å². The predicted octanol–water partition coefficient (Wildman–Crippen LogP) is 1.07. The first-order valence-electron chi connectivity index (χ1n) is 6.01. The molecule has 0 saturated carbocycles. The van der Waals surface area contributed by atoms with Gasteiger partial charge in [-0.1, -0.05) is 5.16 Å². The summed E-state index contributed by atoms with van der Waals surface area (Å²) in [7, 11) is 0. The van der Waals surface area contributed by atoms with Crippen molar-refractivity contribution < 1.29 is 14.0 Å². The molecule has 1 atom stereocenters. The maximum Gasteiger partial charge on any atom is 0.226 e. The molecule has 17 heavy (non-hydrogen) atoms. The molecule has 6 nitrogen and oxygen atoms in total. The average molecular weight is 243 g/mol. The molecule has 1 aromatic heterocycles. The van der Waals surface area contributed by atoms with E-state index in [1.54, 1.807) is 0 Å². The average Bonchev–Trinajstić information content (AvgIpc) is 2.80. The quantitative estimate of drug-likeness (QED) is 0.653. The lowest BCUT2D eigenvalue weighted by molar-refractivity contribution is 0.130. The molecule has 6 heteroatoms. The molecule has 0 spiro atoms. The van der Waals surface area contributed by atoms with Crippen molar-refractivity contribution in [3.8, 4) is 0 Å². The molecule has 0 aliphatic carbocycles. The Morgan fingerprint density at radius 1 is 1.29 bits per heavy atom. The van der Waals surface area contributed by atoms with E-state index < -0.39 is 0 Å². The fraction of sp³-hybridized carbons (Fsp3) is 0.818. The van der Waals surface area contributed by atoms with Crippen LogP contribution >= 0.6 is 0 Å². The summed E-state index contributed by atoms with van der Waals surface area (Å²) in [6.07, 6.45) is 1.59. The van der Waals surface area contributed by atoms with Crippen LogP contribution in [0.4, 0.5) is 0 Å². The largest absolute Gasteiger partial charge is 0.382 e. The Kier molecular flexibility index (Phi) is 6.76. The molecule has 0 saturated heterocycles. The van der Waals surface area contributed by atoms with Gasteiger partial charge in [-0.15, -0.1) is 0 Å². The van der Waals surface area contributed by atoms with Gasteiger partial charge in [0.15, 0.2) is 5.82 Å². The molecule has 0 aliphatic rings. The number of hydrogen-bond donors (Lipinski definition) is 1. The summed E-state index contributed by atoms with van der Waals surface area (Å²) in [5.74, 6) is 1.11. The van der Waals surface area contributed by atoms with Gasteiger partial charge in [0.25, 0.3) is 0 Å². The van der Waals surface area contributed by atoms with Crippen LogP contribution in [-0.4, -0.2) is 36.6 Å². The summed E-state index contributed by atoms with van der Waals surface area (Å²) in [4.78, 5) is 4.22. The van der Waals surface area contributed by atoms with Crippen LogP contribution in [0.15, 0.2) is 4.52 Å². The molecule has 0 radical (unpaired) electrons. The van der Waals surface area contributed by atoms with Gasteiger partial charge in [0.05, 0.1) is 12.6 Å². The smallest absolute Gasteiger partial charge is 0.226 e. The third-order valence-corrected chi connectivity index (χ3v) is 2.20. The van der Waals surface area contributed by atoms with Gasteiger partial charge in [0, 0.05) is 26.2 Å². The van der Waals surface area contributed by atoms with Crippen molar-refractivity contribution in [2.75, 3.05) is 26.4 Å². The summed E-state index contributed by atoms with van der Waals surface area (Å²) in [5.41, 5.74) is 5.84. The molecular formula is C11H21N3O3. The molecule has 1 heterocycles. The standard InChI is InChI=1S/C11H21N3O3/c1-3-15-7-5-6-10-13-11(14-17-10)9(12)8-16-4-2/h9H,3-8,12H2,1-2H3. The minimum atomic E-state index is -0.320. The lowest BCUT2D eigenvalue weighted by Crippen LogP contribution is -2.18. The van der Waals surface area contributed by atoms with Gasteiger partial charge in [-0.05, 0) is 20.3 Å². The van der Waals surface area contributed by atoms with Crippen molar-refractivity contribution in [3.63, 3.8) is 0 Å². The number of nitrogens with two attached hydrogens (primary N) is 1. The first-order valence-corrected chi connectivity index (χ1v) is 6.01. The van der Waals surface area contributed by atoms with Crippen LogP contribution < -0.4 is 5.73 Å². The summed E-state index contributed by atoms with van der Waals surface area (Å²) < 4.78 is 15.5. The predicted molar refractivity (Wildman–Crippen MR) is 62.5 cm³/mol. The number of rotatable bonds is 9. The molecule has 2 N–H and O–H groups in total. The highest BCUT2D eigenvalue weighted by Gasteiger charge is 2.13. The lowest BCUT2D eigenvalue weighted by atomic mass is 10.3. The third-order valence-electron chi connectivity index (χ3n) is 2.20. The van der Waals surface area contributed by atoms with Crippen LogP contribution in [0.1, 0.15) is 38.0 Å². The molecule has 0 bridgehead atoms. The van der Waals surface area contributed by atoms with Crippen molar-refractivity contribution in [2.24, 2.45) is 5.73 Å². The van der Waals surface area contributed by atoms with Crippen molar-refractivity contribution in [1.29, 1.82) is 0 Å². The molecular weight excluding hydrogens is 222 g/mol. The zero-order valence-electron chi connectivity index (χ0n) is 10.5. The van der Waals surface area contributed by atoms with E-state index in [0.29, 0.717) is 38.0 Å². The van der Waals surface area contributed by atoms with Gasteiger partial charge >= 0.3 is 0 Å². The van der Waals surface area contributed by atoms with Gasteiger partial charge in [-0.25, -0.2) is 0 Å². The highest BCUT2D eigenvalue weighted by Crippen LogP contribution is 2.08. The van der Waals surface area contributed by atoms with E-state index in [9.17, 15) is 0 Å². The van der Waals surface area contributed by atoms with E-state index in [1.165, 1.54) is 0 Å². The van der Waals surface area contributed by atoms with Crippen LogP contribution in [0.25, 0.3) is 0 Å². The Morgan fingerprint density at radius 2 is 2.06 bits per heavy atom. The van der Waals surface area contributed by atoms with Gasteiger partial charge in [0.2, 0.25) is 5.89 Å². The number of aryl methyl sites for hydroxylation is 1. The van der Waals surface area contributed by atoms with E-state index in [2.05, 4.69) is 10.1 Å². The van der Waals surface area contributed by atoms with Gasteiger partial charge < -0.3 is 19.7 Å². The summed E-state index contributed by atoms with van der Waals surface area (Å²) >= 11 is 0. The fourth-order valence-electron chi connectivity index (χ4n) is 1.31. The number of hydrogen-bond acceptors (Lipinski definition) is 6. The zero-order valence-corrected chi connectivity index (χ0v) is 10.5. The number of nitrogens with zero attached hydrogens (tertiary/aromatic N) is 2. The lowest BCUT2D eigenvalue weighted by Gasteiger charge is -2.05. The normalized spacial score (nSPS) is 12.9. The monoisotopic (exact) mass is 243 g/mol. The molecule has 1 aromatic rings. The SMILES string of the molecule is CCOCCCc1nc(C(N)COCC)no1. The van der Waals surface area contributed by atoms with E-state index in [-0.39, 0.29) is 6.04 Å². The maximum atomic E-state index is 5.84. The summed E-state index contributed by atoms with van der Waals surface area (Å²) in [6, 6.07) is -0.320. The minimum absolute atomic E-state index is 0.320. The third kappa shape index (κ3) is 5.25. The number of aromatic nitrogens is 2. The van der Waals surface area contributed by atoms with Gasteiger partial charge in [-0.3, -0.25) is 0 Å². The molecule has 0 amide bonds. The van der Waals surface area contributed by atoms with Crippen molar-refractivity contribution in [3.05, 3.63) is 11.7 Å². The Labute approximate surface area is 101 Å². The van der Waals surface area contributed by atoms with Crippen LogP contribution in [0.5, 0.6) is 0 Å². The Balaban J connectivity index is 2.31. The van der Waals surface area contributed by atoms with Crippen LogP contribution in [-0.2, 0) is 15.9 Å².